The van der Waals surface area contributed by atoms with E-state index in [1.807, 2.05) is 31.2 Å². The molecule has 1 heterocycles. The number of nitrogens with one attached hydrogen (secondary N) is 1. The maximum absolute atomic E-state index is 12.2. The normalized spacial score (nSPS) is 11.2. The lowest BCUT2D eigenvalue weighted by Crippen LogP contribution is -2.17. The minimum Gasteiger partial charge on any atom is -0.406 e. The van der Waals surface area contributed by atoms with Crippen LogP contribution >= 0.6 is 0 Å². The second-order valence-corrected chi connectivity index (χ2v) is 5.72. The molecule has 0 aliphatic heterocycles. The molecule has 0 saturated heterocycles. The first-order chi connectivity index (χ1) is 12.3. The van der Waals surface area contributed by atoms with Crippen LogP contribution in [0.25, 0.3) is 11.3 Å². The van der Waals surface area contributed by atoms with Crippen LogP contribution in [0.1, 0.15) is 22.4 Å². The Morgan fingerprint density at radius 3 is 2.50 bits per heavy atom. The van der Waals surface area contributed by atoms with Gasteiger partial charge in [-0.05, 0) is 48.7 Å². The van der Waals surface area contributed by atoms with Crippen LogP contribution in [0.4, 0.5) is 13.2 Å². The van der Waals surface area contributed by atoms with Crippen molar-refractivity contribution in [1.82, 2.24) is 15.4 Å². The highest BCUT2D eigenvalue weighted by atomic mass is 19.4. The summed E-state index contributed by atoms with van der Waals surface area (Å²) in [4.78, 5) is 0. The van der Waals surface area contributed by atoms with Gasteiger partial charge in [-0.2, -0.15) is 5.26 Å². The van der Waals surface area contributed by atoms with E-state index in [0.717, 1.165) is 22.3 Å². The molecule has 0 spiro atoms. The van der Waals surface area contributed by atoms with Crippen molar-refractivity contribution in [2.45, 2.75) is 19.7 Å². The van der Waals surface area contributed by atoms with Crippen LogP contribution in [0.15, 0.2) is 42.5 Å². The third-order valence-corrected chi connectivity index (χ3v) is 3.64. The molecule has 1 aromatic heterocycles. The summed E-state index contributed by atoms with van der Waals surface area (Å²) in [7, 11) is 0. The number of halogens is 3. The third-order valence-electron chi connectivity index (χ3n) is 3.64. The van der Waals surface area contributed by atoms with Crippen molar-refractivity contribution in [1.29, 1.82) is 5.26 Å². The second kappa shape index (κ2) is 6.88. The summed E-state index contributed by atoms with van der Waals surface area (Å²) < 4.78 is 40.5. The van der Waals surface area contributed by atoms with Crippen LogP contribution in [0.5, 0.6) is 5.75 Å². The maximum atomic E-state index is 12.2. The number of benzene rings is 2. The topological polar surface area (TPSA) is 74.6 Å². The molecule has 132 valence electrons. The minimum absolute atomic E-state index is 0.257. The van der Waals surface area contributed by atoms with E-state index in [-0.39, 0.29) is 11.4 Å². The molecule has 0 bridgehead atoms. The molecular weight excluding hydrogens is 345 g/mol. The van der Waals surface area contributed by atoms with Crippen LogP contribution < -0.4 is 4.74 Å². The number of nitriles is 1. The van der Waals surface area contributed by atoms with Crippen LogP contribution in [0.3, 0.4) is 0 Å². The molecule has 0 fully saturated rings. The zero-order chi connectivity index (χ0) is 18.7. The molecule has 1 N–H and O–H groups in total. The Kier molecular flexibility index (Phi) is 4.63. The molecule has 0 aliphatic rings. The highest BCUT2D eigenvalue weighted by Gasteiger charge is 2.30. The van der Waals surface area contributed by atoms with Crippen molar-refractivity contribution in [3.8, 4) is 23.1 Å². The number of aromatic nitrogens is 3. The minimum atomic E-state index is -4.71. The number of hydrogen-bond acceptors (Lipinski definition) is 4. The first-order valence-electron chi connectivity index (χ1n) is 7.61. The van der Waals surface area contributed by atoms with Gasteiger partial charge in [-0.3, -0.25) is 0 Å². The first-order valence-corrected chi connectivity index (χ1v) is 7.61. The van der Waals surface area contributed by atoms with Crippen LogP contribution in [-0.2, 0) is 6.42 Å². The van der Waals surface area contributed by atoms with Gasteiger partial charge >= 0.3 is 6.36 Å². The number of hydrogen-bond donors (Lipinski definition) is 1. The van der Waals surface area contributed by atoms with E-state index in [4.69, 9.17) is 5.26 Å². The van der Waals surface area contributed by atoms with Crippen LogP contribution in [0.2, 0.25) is 0 Å². The number of ether oxygens (including phenoxy) is 1. The Hall–Kier alpha value is -3.34. The van der Waals surface area contributed by atoms with E-state index in [1.165, 1.54) is 12.1 Å². The van der Waals surface area contributed by atoms with E-state index >= 15 is 0 Å². The summed E-state index contributed by atoms with van der Waals surface area (Å²) in [6.45, 7) is 1.92. The Labute approximate surface area is 147 Å². The van der Waals surface area contributed by atoms with Gasteiger partial charge < -0.3 is 4.74 Å². The Bertz CT molecular complexity index is 956. The van der Waals surface area contributed by atoms with E-state index in [0.29, 0.717) is 12.1 Å². The Balaban J connectivity index is 1.83. The van der Waals surface area contributed by atoms with Crippen molar-refractivity contribution in [2.75, 3.05) is 0 Å². The lowest BCUT2D eigenvalue weighted by atomic mass is 9.98. The molecule has 5 nitrogen and oxygen atoms in total. The van der Waals surface area contributed by atoms with Gasteiger partial charge in [-0.1, -0.05) is 29.0 Å². The SMILES string of the molecule is Cc1cc(Cc2ccc(OC(F)(F)F)cc2)cc(-c2nn[nH]c2C#N)c1. The number of aromatic amines is 1. The monoisotopic (exact) mass is 358 g/mol. The molecule has 26 heavy (non-hydrogen) atoms. The zero-order valence-corrected chi connectivity index (χ0v) is 13.6. The molecular formula is C18H13F3N4O. The quantitative estimate of drug-likeness (QED) is 0.761. The van der Waals surface area contributed by atoms with Crippen LogP contribution in [0, 0.1) is 18.3 Å². The molecule has 3 aromatic rings. The van der Waals surface area contributed by atoms with Crippen molar-refractivity contribution in [3.05, 3.63) is 64.8 Å². The average Bonchev–Trinajstić information content (AvgIpc) is 3.03. The Morgan fingerprint density at radius 1 is 1.12 bits per heavy atom. The highest BCUT2D eigenvalue weighted by Crippen LogP contribution is 2.26. The summed E-state index contributed by atoms with van der Waals surface area (Å²) in [6, 6.07) is 13.5. The fraction of sp³-hybridized carbons (Fsp3) is 0.167. The predicted molar refractivity (Wildman–Crippen MR) is 87.2 cm³/mol. The molecule has 8 heteroatoms. The Morgan fingerprint density at radius 2 is 1.85 bits per heavy atom. The molecule has 0 aliphatic carbocycles. The number of nitrogens with zero attached hydrogens (tertiary/aromatic N) is 3. The number of H-pyrrole nitrogens is 1. The number of rotatable bonds is 4. The zero-order valence-electron chi connectivity index (χ0n) is 13.6. The molecule has 0 saturated carbocycles. The fourth-order valence-electron chi connectivity index (χ4n) is 2.65. The fourth-order valence-corrected chi connectivity index (χ4v) is 2.65. The average molecular weight is 358 g/mol. The van der Waals surface area contributed by atoms with Crippen molar-refractivity contribution in [3.63, 3.8) is 0 Å². The molecule has 0 unspecified atom stereocenters. The molecule has 3 rings (SSSR count). The standard InChI is InChI=1S/C18H13F3N4O/c1-11-6-13(9-14(7-11)17-16(10-22)23-25-24-17)8-12-2-4-15(5-3-12)26-18(19,20)21/h2-7,9H,8H2,1H3,(H,23,24,25). The summed E-state index contributed by atoms with van der Waals surface area (Å²) in [5.41, 5.74) is 4.23. The van der Waals surface area contributed by atoms with Gasteiger partial charge in [-0.25, -0.2) is 5.10 Å². The predicted octanol–water partition coefficient (Wildman–Crippen LogP) is 4.14. The third kappa shape index (κ3) is 4.19. The van der Waals surface area contributed by atoms with E-state index in [1.54, 1.807) is 12.1 Å². The number of alkyl halides is 3. The summed E-state index contributed by atoms with van der Waals surface area (Å²) in [5, 5.41) is 19.2. The van der Waals surface area contributed by atoms with Crippen molar-refractivity contribution >= 4 is 0 Å². The summed E-state index contributed by atoms with van der Waals surface area (Å²) >= 11 is 0. The molecule has 0 atom stereocenters. The molecule has 0 radical (unpaired) electrons. The van der Waals surface area contributed by atoms with E-state index in [9.17, 15) is 13.2 Å². The van der Waals surface area contributed by atoms with Gasteiger partial charge in [0.25, 0.3) is 0 Å². The van der Waals surface area contributed by atoms with E-state index in [2.05, 4.69) is 20.1 Å². The van der Waals surface area contributed by atoms with Gasteiger partial charge in [0, 0.05) is 5.56 Å². The van der Waals surface area contributed by atoms with Gasteiger partial charge in [0.1, 0.15) is 17.5 Å². The van der Waals surface area contributed by atoms with Gasteiger partial charge in [0.2, 0.25) is 0 Å². The first kappa shape index (κ1) is 17.5. The van der Waals surface area contributed by atoms with E-state index < -0.39 is 6.36 Å². The number of aryl methyl sites for hydroxylation is 1. The van der Waals surface area contributed by atoms with Gasteiger partial charge in [0.15, 0.2) is 5.69 Å². The lowest BCUT2D eigenvalue weighted by Gasteiger charge is -2.10. The summed E-state index contributed by atoms with van der Waals surface area (Å²) in [6.07, 6.45) is -4.19. The molecule has 2 aromatic carbocycles. The largest absolute Gasteiger partial charge is 0.573 e. The van der Waals surface area contributed by atoms with Crippen molar-refractivity contribution < 1.29 is 17.9 Å². The second-order valence-electron chi connectivity index (χ2n) is 5.72. The van der Waals surface area contributed by atoms with Crippen molar-refractivity contribution in [2.24, 2.45) is 0 Å². The lowest BCUT2D eigenvalue weighted by molar-refractivity contribution is -0.274. The summed E-state index contributed by atoms with van der Waals surface area (Å²) in [5.74, 6) is -0.257. The molecule has 0 amide bonds. The maximum Gasteiger partial charge on any atom is 0.573 e. The van der Waals surface area contributed by atoms with Gasteiger partial charge in [0.05, 0.1) is 0 Å². The van der Waals surface area contributed by atoms with Gasteiger partial charge in [-0.15, -0.1) is 18.3 Å². The van der Waals surface area contributed by atoms with Crippen LogP contribution in [-0.4, -0.2) is 21.8 Å². The smallest absolute Gasteiger partial charge is 0.406 e. The highest BCUT2D eigenvalue weighted by molar-refractivity contribution is 5.65.